The Hall–Kier alpha value is -1.26. The lowest BCUT2D eigenvalue weighted by Gasteiger charge is -2.27. The Morgan fingerprint density at radius 1 is 1.33 bits per heavy atom. The normalized spacial score (nSPS) is 21.1. The third kappa shape index (κ3) is 3.62. The predicted molar refractivity (Wildman–Crippen MR) is 69.4 cm³/mol. The van der Waals surface area contributed by atoms with Crippen LogP contribution in [0.25, 0.3) is 0 Å². The van der Waals surface area contributed by atoms with Crippen molar-refractivity contribution in [2.75, 3.05) is 6.54 Å². The van der Waals surface area contributed by atoms with Gasteiger partial charge in [-0.25, -0.2) is 9.59 Å². The highest BCUT2D eigenvalue weighted by Crippen LogP contribution is 2.36. The van der Waals surface area contributed by atoms with Gasteiger partial charge in [0.1, 0.15) is 5.54 Å². The van der Waals surface area contributed by atoms with Crippen molar-refractivity contribution in [1.29, 1.82) is 0 Å². The van der Waals surface area contributed by atoms with Crippen LogP contribution in [-0.4, -0.2) is 29.2 Å². The zero-order valence-electron chi connectivity index (χ0n) is 11.5. The van der Waals surface area contributed by atoms with E-state index in [1.165, 1.54) is 19.8 Å². The average molecular weight is 256 g/mol. The molecule has 1 atom stereocenters. The quantitative estimate of drug-likeness (QED) is 0.705. The van der Waals surface area contributed by atoms with Crippen LogP contribution in [0.1, 0.15) is 52.9 Å². The molecule has 18 heavy (non-hydrogen) atoms. The summed E-state index contributed by atoms with van der Waals surface area (Å²) in [6.45, 7) is 6.04. The fourth-order valence-corrected chi connectivity index (χ4v) is 2.29. The second-order valence-electron chi connectivity index (χ2n) is 5.82. The number of nitrogens with one attached hydrogen (secondary N) is 2. The molecule has 0 spiro atoms. The van der Waals surface area contributed by atoms with E-state index in [-0.39, 0.29) is 5.41 Å². The standard InChI is InChI=1S/C13H24N2O3/c1-4-13(3,10(16)17)15-11(18)14-9-12(2)7-5-6-8-12/h4-9H2,1-3H3,(H,16,17)(H2,14,15,18). The van der Waals surface area contributed by atoms with Crippen LogP contribution in [0.4, 0.5) is 4.79 Å². The lowest BCUT2D eigenvalue weighted by atomic mass is 9.89. The first-order valence-corrected chi connectivity index (χ1v) is 6.61. The summed E-state index contributed by atoms with van der Waals surface area (Å²) in [6, 6.07) is -0.394. The molecule has 3 N–H and O–H groups in total. The molecule has 0 radical (unpaired) electrons. The van der Waals surface area contributed by atoms with Crippen LogP contribution < -0.4 is 10.6 Å². The minimum atomic E-state index is -1.19. The Morgan fingerprint density at radius 2 is 1.89 bits per heavy atom. The molecule has 0 bridgehead atoms. The molecule has 1 unspecified atom stereocenters. The highest BCUT2D eigenvalue weighted by molar-refractivity contribution is 5.85. The van der Waals surface area contributed by atoms with Crippen molar-refractivity contribution in [1.82, 2.24) is 10.6 Å². The van der Waals surface area contributed by atoms with Crippen molar-refractivity contribution in [3.05, 3.63) is 0 Å². The summed E-state index contributed by atoms with van der Waals surface area (Å²) in [5.74, 6) is -1.01. The second kappa shape index (κ2) is 5.59. The largest absolute Gasteiger partial charge is 0.480 e. The predicted octanol–water partition coefficient (Wildman–Crippen LogP) is 2.12. The average Bonchev–Trinajstić information content (AvgIpc) is 2.74. The number of carbonyl (C=O) groups is 2. The monoisotopic (exact) mass is 256 g/mol. The number of hydrogen-bond acceptors (Lipinski definition) is 2. The molecule has 0 heterocycles. The van der Waals surface area contributed by atoms with Gasteiger partial charge in [0.15, 0.2) is 0 Å². The third-order valence-electron chi connectivity index (χ3n) is 4.05. The highest BCUT2D eigenvalue weighted by atomic mass is 16.4. The zero-order chi connectivity index (χ0) is 13.8. The van der Waals surface area contributed by atoms with Gasteiger partial charge in [-0.2, -0.15) is 0 Å². The first kappa shape index (κ1) is 14.8. The van der Waals surface area contributed by atoms with Crippen LogP contribution in [0.2, 0.25) is 0 Å². The van der Waals surface area contributed by atoms with E-state index < -0.39 is 17.5 Å². The van der Waals surface area contributed by atoms with Gasteiger partial charge in [-0.15, -0.1) is 0 Å². The number of carboxylic acid groups (broad SMARTS) is 1. The molecule has 1 aliphatic carbocycles. The first-order valence-electron chi connectivity index (χ1n) is 6.61. The van der Waals surface area contributed by atoms with E-state index in [1.54, 1.807) is 6.92 Å². The second-order valence-corrected chi connectivity index (χ2v) is 5.82. The minimum Gasteiger partial charge on any atom is -0.480 e. The molecular formula is C13H24N2O3. The van der Waals surface area contributed by atoms with Gasteiger partial charge in [-0.05, 0) is 31.6 Å². The van der Waals surface area contributed by atoms with Crippen molar-refractivity contribution in [3.63, 3.8) is 0 Å². The summed E-state index contributed by atoms with van der Waals surface area (Å²) in [5.41, 5.74) is -1.02. The molecule has 0 aromatic rings. The number of rotatable bonds is 5. The SMILES string of the molecule is CCC(C)(NC(=O)NCC1(C)CCCC1)C(=O)O. The number of urea groups is 1. The third-order valence-corrected chi connectivity index (χ3v) is 4.05. The molecule has 1 saturated carbocycles. The van der Waals surface area contributed by atoms with Gasteiger partial charge in [0, 0.05) is 6.54 Å². The van der Waals surface area contributed by atoms with Gasteiger partial charge in [-0.3, -0.25) is 0 Å². The first-order chi connectivity index (χ1) is 8.31. The van der Waals surface area contributed by atoms with Crippen LogP contribution in [0.5, 0.6) is 0 Å². The van der Waals surface area contributed by atoms with E-state index >= 15 is 0 Å². The topological polar surface area (TPSA) is 78.4 Å². The number of carbonyl (C=O) groups excluding carboxylic acids is 1. The Labute approximate surface area is 108 Å². The van der Waals surface area contributed by atoms with Crippen molar-refractivity contribution in [3.8, 4) is 0 Å². The van der Waals surface area contributed by atoms with E-state index in [2.05, 4.69) is 17.6 Å². The maximum atomic E-state index is 11.7. The van der Waals surface area contributed by atoms with Crippen LogP contribution in [0.3, 0.4) is 0 Å². The zero-order valence-corrected chi connectivity index (χ0v) is 11.5. The van der Waals surface area contributed by atoms with Gasteiger partial charge in [0.05, 0.1) is 0 Å². The summed E-state index contributed by atoms with van der Waals surface area (Å²) in [6.07, 6.45) is 5.02. The number of aliphatic carboxylic acids is 1. The summed E-state index contributed by atoms with van der Waals surface area (Å²) in [5, 5.41) is 14.4. The van der Waals surface area contributed by atoms with E-state index in [9.17, 15) is 9.59 Å². The van der Waals surface area contributed by atoms with Gasteiger partial charge >= 0.3 is 12.0 Å². The van der Waals surface area contributed by atoms with E-state index in [4.69, 9.17) is 5.11 Å². The minimum absolute atomic E-state index is 0.170. The van der Waals surface area contributed by atoms with Crippen LogP contribution in [0.15, 0.2) is 0 Å². The molecule has 104 valence electrons. The van der Waals surface area contributed by atoms with Crippen molar-refractivity contribution >= 4 is 12.0 Å². The Morgan fingerprint density at radius 3 is 2.33 bits per heavy atom. The molecular weight excluding hydrogens is 232 g/mol. The Balaban J connectivity index is 2.44. The van der Waals surface area contributed by atoms with E-state index in [1.807, 2.05) is 0 Å². The van der Waals surface area contributed by atoms with Gasteiger partial charge in [0.2, 0.25) is 0 Å². The maximum absolute atomic E-state index is 11.7. The van der Waals surface area contributed by atoms with Crippen molar-refractivity contribution < 1.29 is 14.7 Å². The van der Waals surface area contributed by atoms with Gasteiger partial charge in [-0.1, -0.05) is 26.7 Å². The fourth-order valence-electron chi connectivity index (χ4n) is 2.29. The molecule has 1 fully saturated rings. The smallest absolute Gasteiger partial charge is 0.329 e. The fraction of sp³-hybridized carbons (Fsp3) is 0.846. The molecule has 5 heteroatoms. The molecule has 0 saturated heterocycles. The maximum Gasteiger partial charge on any atom is 0.329 e. The summed E-state index contributed by atoms with van der Waals surface area (Å²) < 4.78 is 0. The number of carboxylic acids is 1. The Bertz CT molecular complexity index is 324. The number of hydrogen-bond donors (Lipinski definition) is 3. The summed E-state index contributed by atoms with van der Waals surface area (Å²) >= 11 is 0. The molecule has 0 aromatic carbocycles. The summed E-state index contributed by atoms with van der Waals surface area (Å²) in [7, 11) is 0. The van der Waals surface area contributed by atoms with Gasteiger partial charge in [0.25, 0.3) is 0 Å². The molecule has 5 nitrogen and oxygen atoms in total. The van der Waals surface area contributed by atoms with Crippen LogP contribution in [-0.2, 0) is 4.79 Å². The van der Waals surface area contributed by atoms with Crippen LogP contribution >= 0.6 is 0 Å². The summed E-state index contributed by atoms with van der Waals surface area (Å²) in [4.78, 5) is 22.8. The molecule has 1 aliphatic rings. The van der Waals surface area contributed by atoms with Crippen molar-refractivity contribution in [2.45, 2.75) is 58.4 Å². The van der Waals surface area contributed by atoms with Gasteiger partial charge < -0.3 is 15.7 Å². The molecule has 2 amide bonds. The van der Waals surface area contributed by atoms with E-state index in [0.29, 0.717) is 13.0 Å². The van der Waals surface area contributed by atoms with Crippen LogP contribution in [0, 0.1) is 5.41 Å². The lowest BCUT2D eigenvalue weighted by Crippen LogP contribution is -2.55. The highest BCUT2D eigenvalue weighted by Gasteiger charge is 2.34. The lowest BCUT2D eigenvalue weighted by molar-refractivity contribution is -0.143. The van der Waals surface area contributed by atoms with Crippen molar-refractivity contribution in [2.24, 2.45) is 5.41 Å². The molecule has 1 rings (SSSR count). The molecule has 0 aliphatic heterocycles. The van der Waals surface area contributed by atoms with E-state index in [0.717, 1.165) is 12.8 Å². The Kier molecular flexibility index (Phi) is 4.59. The molecule has 0 aromatic heterocycles. The number of amides is 2.